The Bertz CT molecular complexity index is 414. The highest BCUT2D eigenvalue weighted by molar-refractivity contribution is 5.52. The van der Waals surface area contributed by atoms with Gasteiger partial charge in [-0.15, -0.1) is 0 Å². The smallest absolute Gasteiger partial charge is 0.199 e. The molecule has 1 atom stereocenters. The quantitative estimate of drug-likeness (QED) is 0.826. The average Bonchev–Trinajstić information content (AvgIpc) is 2.46. The van der Waals surface area contributed by atoms with Gasteiger partial charge in [0.05, 0.1) is 13.2 Å². The fraction of sp³-hybridized carbons (Fsp3) is 0.375. The monoisotopic (exact) mass is 260 g/mol. The molecule has 0 amide bonds. The van der Waals surface area contributed by atoms with Gasteiger partial charge in [-0.3, -0.25) is 0 Å². The van der Waals surface area contributed by atoms with E-state index in [-0.39, 0.29) is 12.9 Å². The number of benzene rings is 1. The van der Waals surface area contributed by atoms with Gasteiger partial charge < -0.3 is 14.6 Å². The molecular weight excluding hydrogens is 240 g/mol. The molecule has 0 aliphatic carbocycles. The maximum absolute atomic E-state index is 8.61. The van der Waals surface area contributed by atoms with Crippen LogP contribution in [0.2, 0.25) is 0 Å². The third-order valence-corrected chi connectivity index (χ3v) is 2.93. The summed E-state index contributed by atoms with van der Waals surface area (Å²) in [7, 11) is 0. The molecule has 2 rings (SSSR count). The lowest BCUT2D eigenvalue weighted by Crippen LogP contribution is -2.24. The minimum absolute atomic E-state index is 0.0680. The topological polar surface area (TPSA) is 38.7 Å². The summed E-state index contributed by atoms with van der Waals surface area (Å²) in [5.74, 6) is 0.843. The number of aliphatic hydroxyl groups is 1. The number of hydrogen-bond acceptors (Lipinski definition) is 3. The molecule has 19 heavy (non-hydrogen) atoms. The molecule has 1 N–H and O–H groups in total. The molecule has 102 valence electrons. The number of hydrogen-bond donors (Lipinski definition) is 1. The van der Waals surface area contributed by atoms with E-state index in [2.05, 4.69) is 0 Å². The van der Waals surface area contributed by atoms with Crippen LogP contribution in [0, 0.1) is 0 Å². The van der Waals surface area contributed by atoms with Gasteiger partial charge in [0, 0.05) is 6.42 Å². The third kappa shape index (κ3) is 4.89. The molecule has 0 spiro atoms. The van der Waals surface area contributed by atoms with Crippen LogP contribution >= 0.6 is 0 Å². The Morgan fingerprint density at radius 1 is 1.21 bits per heavy atom. The summed E-state index contributed by atoms with van der Waals surface area (Å²) in [6.45, 7) is 0.862. The van der Waals surface area contributed by atoms with Crippen molar-refractivity contribution in [3.63, 3.8) is 0 Å². The Kier molecular flexibility index (Phi) is 5.66. The number of ether oxygens (including phenoxy) is 2. The zero-order valence-corrected chi connectivity index (χ0v) is 11.0. The Hall–Kier alpha value is -1.58. The van der Waals surface area contributed by atoms with Gasteiger partial charge in [0.15, 0.2) is 6.29 Å². The van der Waals surface area contributed by atoms with Gasteiger partial charge in [-0.2, -0.15) is 0 Å². The van der Waals surface area contributed by atoms with E-state index in [4.69, 9.17) is 14.6 Å². The normalized spacial score (nSPS) is 20.2. The molecule has 0 saturated carbocycles. The first-order valence-electron chi connectivity index (χ1n) is 6.71. The predicted octanol–water partition coefficient (Wildman–Crippen LogP) is 3.15. The van der Waals surface area contributed by atoms with Crippen molar-refractivity contribution in [3.05, 3.63) is 48.1 Å². The lowest BCUT2D eigenvalue weighted by Gasteiger charge is -2.23. The van der Waals surface area contributed by atoms with Gasteiger partial charge in [-0.05, 0) is 30.5 Å². The van der Waals surface area contributed by atoms with Gasteiger partial charge in [0.25, 0.3) is 0 Å². The van der Waals surface area contributed by atoms with E-state index in [0.717, 1.165) is 30.8 Å². The second-order valence-electron chi connectivity index (χ2n) is 4.45. The van der Waals surface area contributed by atoms with Crippen molar-refractivity contribution in [1.82, 2.24) is 0 Å². The Labute approximate surface area is 114 Å². The number of rotatable bonds is 5. The van der Waals surface area contributed by atoms with Gasteiger partial charge in [-0.1, -0.05) is 36.4 Å². The second-order valence-corrected chi connectivity index (χ2v) is 4.45. The molecule has 3 heteroatoms. The molecule has 1 aromatic rings. The van der Waals surface area contributed by atoms with Crippen molar-refractivity contribution in [2.24, 2.45) is 0 Å². The minimum atomic E-state index is -0.0948. The summed E-state index contributed by atoms with van der Waals surface area (Å²) < 4.78 is 11.3. The molecule has 0 radical (unpaired) electrons. The van der Waals surface area contributed by atoms with Crippen LogP contribution in [0.4, 0.5) is 0 Å². The Morgan fingerprint density at radius 2 is 2.05 bits per heavy atom. The second kappa shape index (κ2) is 7.77. The van der Waals surface area contributed by atoms with Crippen LogP contribution in [0.3, 0.4) is 0 Å². The van der Waals surface area contributed by atoms with Gasteiger partial charge in [0.1, 0.15) is 5.75 Å². The summed E-state index contributed by atoms with van der Waals surface area (Å²) in [6, 6.07) is 7.91. The van der Waals surface area contributed by atoms with Crippen LogP contribution in [-0.2, 0) is 4.74 Å². The lowest BCUT2D eigenvalue weighted by molar-refractivity contribution is -0.105. The van der Waals surface area contributed by atoms with Crippen molar-refractivity contribution in [2.45, 2.75) is 25.6 Å². The molecule has 1 saturated heterocycles. The van der Waals surface area contributed by atoms with Crippen molar-refractivity contribution >= 4 is 6.08 Å². The predicted molar refractivity (Wildman–Crippen MR) is 75.9 cm³/mol. The van der Waals surface area contributed by atoms with Gasteiger partial charge >= 0.3 is 0 Å². The number of allylic oxidation sites excluding steroid dienone is 2. The summed E-state index contributed by atoms with van der Waals surface area (Å²) >= 11 is 0. The summed E-state index contributed by atoms with van der Waals surface area (Å²) in [5.41, 5.74) is 1.10. The average molecular weight is 260 g/mol. The summed E-state index contributed by atoms with van der Waals surface area (Å²) in [6.07, 6.45) is 10.6. The van der Waals surface area contributed by atoms with Gasteiger partial charge in [-0.25, -0.2) is 0 Å². The van der Waals surface area contributed by atoms with Crippen molar-refractivity contribution in [3.8, 4) is 5.75 Å². The van der Waals surface area contributed by atoms with Crippen molar-refractivity contribution in [1.29, 1.82) is 0 Å². The first-order valence-corrected chi connectivity index (χ1v) is 6.71. The van der Waals surface area contributed by atoms with E-state index in [1.807, 2.05) is 42.5 Å². The highest BCUT2D eigenvalue weighted by Gasteiger charge is 2.14. The standard InChI is InChI=1S/C16H20O3/c17-12-4-1-2-6-14-8-10-15(11-9-14)19-16-7-3-5-13-18-16/h1-2,4,6,8-11,16-17H,3,5,7,12-13H2/b4-1+,6-2+. The van der Waals surface area contributed by atoms with E-state index in [0.29, 0.717) is 0 Å². The molecule has 1 aromatic carbocycles. The van der Waals surface area contributed by atoms with Crippen LogP contribution in [0.15, 0.2) is 42.5 Å². The van der Waals surface area contributed by atoms with Crippen molar-refractivity contribution in [2.75, 3.05) is 13.2 Å². The first kappa shape index (κ1) is 13.8. The summed E-state index contributed by atoms with van der Waals surface area (Å²) in [4.78, 5) is 0. The molecule has 1 unspecified atom stereocenters. The highest BCUT2D eigenvalue weighted by atomic mass is 16.7. The molecule has 1 aliphatic heterocycles. The molecule has 0 bridgehead atoms. The third-order valence-electron chi connectivity index (χ3n) is 2.93. The summed E-state index contributed by atoms with van der Waals surface area (Å²) in [5, 5.41) is 8.61. The SMILES string of the molecule is OC/C=C/C=C/c1ccc(OC2CCCCO2)cc1. The first-order chi connectivity index (χ1) is 9.38. The Balaban J connectivity index is 1.86. The van der Waals surface area contributed by atoms with E-state index >= 15 is 0 Å². The van der Waals surface area contributed by atoms with E-state index in [1.54, 1.807) is 6.08 Å². The van der Waals surface area contributed by atoms with Crippen LogP contribution in [0.25, 0.3) is 6.08 Å². The molecule has 1 heterocycles. The van der Waals surface area contributed by atoms with E-state index in [9.17, 15) is 0 Å². The largest absolute Gasteiger partial charge is 0.465 e. The zero-order chi connectivity index (χ0) is 13.3. The Morgan fingerprint density at radius 3 is 2.74 bits per heavy atom. The van der Waals surface area contributed by atoms with E-state index < -0.39 is 0 Å². The minimum Gasteiger partial charge on any atom is -0.465 e. The molecule has 3 nitrogen and oxygen atoms in total. The fourth-order valence-corrected chi connectivity index (χ4v) is 1.92. The van der Waals surface area contributed by atoms with Crippen LogP contribution < -0.4 is 4.74 Å². The fourth-order valence-electron chi connectivity index (χ4n) is 1.92. The van der Waals surface area contributed by atoms with Crippen LogP contribution in [0.5, 0.6) is 5.75 Å². The number of aliphatic hydroxyl groups excluding tert-OH is 1. The lowest BCUT2D eigenvalue weighted by atomic mass is 10.2. The molecule has 0 aromatic heterocycles. The van der Waals surface area contributed by atoms with Gasteiger partial charge in [0.2, 0.25) is 0 Å². The molecule has 1 fully saturated rings. The van der Waals surface area contributed by atoms with Crippen LogP contribution in [-0.4, -0.2) is 24.6 Å². The maximum atomic E-state index is 8.61. The van der Waals surface area contributed by atoms with E-state index in [1.165, 1.54) is 6.42 Å². The molecule has 1 aliphatic rings. The van der Waals surface area contributed by atoms with Crippen LogP contribution in [0.1, 0.15) is 24.8 Å². The molecular formula is C16H20O3. The zero-order valence-electron chi connectivity index (χ0n) is 11.0. The maximum Gasteiger partial charge on any atom is 0.199 e. The highest BCUT2D eigenvalue weighted by Crippen LogP contribution is 2.19. The van der Waals surface area contributed by atoms with Crippen molar-refractivity contribution < 1.29 is 14.6 Å².